The Morgan fingerprint density at radius 3 is 2.77 bits per heavy atom. The van der Waals surface area contributed by atoms with E-state index in [9.17, 15) is 19.3 Å². The van der Waals surface area contributed by atoms with Gasteiger partial charge in [-0.3, -0.25) is 14.9 Å². The molecule has 8 nitrogen and oxygen atoms in total. The number of hydrogen-bond donors (Lipinski definition) is 0. The number of anilines is 1. The minimum Gasteiger partial charge on any atom is -0.497 e. The van der Waals surface area contributed by atoms with E-state index in [0.29, 0.717) is 16.1 Å². The number of thiazole rings is 1. The highest BCUT2D eigenvalue weighted by Gasteiger charge is 2.22. The predicted molar refractivity (Wildman–Crippen MR) is 118 cm³/mol. The number of carbonyl (C=O) groups is 1. The first-order chi connectivity index (χ1) is 14.9. The Labute approximate surface area is 183 Å². The summed E-state index contributed by atoms with van der Waals surface area (Å²) in [5.74, 6) is -0.509. The molecule has 1 amide bonds. The molecule has 2 aromatic heterocycles. The monoisotopic (exact) mass is 456 g/mol. The van der Waals surface area contributed by atoms with Gasteiger partial charge in [-0.2, -0.15) is 10.1 Å². The number of carbonyl (C=O) groups excluding carboxylic acids is 1. The third kappa shape index (κ3) is 4.42. The molecule has 31 heavy (non-hydrogen) atoms. The number of methoxy groups -OCH3 is 1. The van der Waals surface area contributed by atoms with Crippen LogP contribution in [0.15, 0.2) is 59.7 Å². The van der Waals surface area contributed by atoms with Crippen molar-refractivity contribution in [1.82, 2.24) is 4.98 Å². The molecule has 0 saturated heterocycles. The molecular weight excluding hydrogens is 443 g/mol. The molecule has 0 aliphatic rings. The quantitative estimate of drug-likeness (QED) is 0.229. The number of rotatable bonds is 6. The number of benzene rings is 2. The van der Waals surface area contributed by atoms with Crippen molar-refractivity contribution in [3.05, 3.63) is 81.0 Å². The highest BCUT2D eigenvalue weighted by atomic mass is 32.1. The lowest BCUT2D eigenvalue weighted by Crippen LogP contribution is -2.25. The molecule has 0 saturated carbocycles. The fourth-order valence-corrected chi connectivity index (χ4v) is 4.31. The van der Waals surface area contributed by atoms with Crippen molar-refractivity contribution in [3.63, 3.8) is 0 Å². The molecule has 0 aliphatic heterocycles. The molecule has 156 valence electrons. The predicted octanol–water partition coefficient (Wildman–Crippen LogP) is 5.09. The van der Waals surface area contributed by atoms with E-state index in [2.05, 4.69) is 10.1 Å². The average Bonchev–Trinajstić information content (AvgIpc) is 3.40. The van der Waals surface area contributed by atoms with Crippen LogP contribution in [0.2, 0.25) is 0 Å². The second-order valence-corrected chi connectivity index (χ2v) is 8.24. The molecule has 0 aliphatic carbocycles. The van der Waals surface area contributed by atoms with Crippen molar-refractivity contribution in [2.45, 2.75) is 0 Å². The van der Waals surface area contributed by atoms with Crippen LogP contribution in [-0.2, 0) is 0 Å². The summed E-state index contributed by atoms with van der Waals surface area (Å²) in [5.41, 5.74) is 0.728. The topological polar surface area (TPSA) is 97.9 Å². The van der Waals surface area contributed by atoms with Gasteiger partial charge in [-0.1, -0.05) is 28.7 Å². The second kappa shape index (κ2) is 8.58. The lowest BCUT2D eigenvalue weighted by Gasteiger charge is -2.13. The van der Waals surface area contributed by atoms with E-state index in [1.165, 1.54) is 47.9 Å². The van der Waals surface area contributed by atoms with Crippen LogP contribution in [-0.4, -0.2) is 29.1 Å². The lowest BCUT2D eigenvalue weighted by atomic mass is 10.2. The zero-order valence-electron chi connectivity index (χ0n) is 15.9. The van der Waals surface area contributed by atoms with E-state index < -0.39 is 16.6 Å². The highest BCUT2D eigenvalue weighted by Crippen LogP contribution is 2.32. The van der Waals surface area contributed by atoms with Crippen LogP contribution in [0, 0.1) is 15.9 Å². The van der Waals surface area contributed by atoms with Crippen molar-refractivity contribution < 1.29 is 18.8 Å². The van der Waals surface area contributed by atoms with E-state index in [-0.39, 0.29) is 15.7 Å². The summed E-state index contributed by atoms with van der Waals surface area (Å²) < 4.78 is 19.7. The van der Waals surface area contributed by atoms with E-state index in [0.717, 1.165) is 27.1 Å². The van der Waals surface area contributed by atoms with Crippen molar-refractivity contribution >= 4 is 55.1 Å². The van der Waals surface area contributed by atoms with Crippen LogP contribution in [0.3, 0.4) is 0 Å². The molecule has 4 rings (SSSR count). The third-order valence-electron chi connectivity index (χ3n) is 4.12. The minimum absolute atomic E-state index is 0.0449. The van der Waals surface area contributed by atoms with Crippen molar-refractivity contribution in [2.24, 2.45) is 5.10 Å². The smallest absolute Gasteiger partial charge is 0.324 e. The fourth-order valence-electron chi connectivity index (χ4n) is 2.67. The number of amides is 1. The second-order valence-electron chi connectivity index (χ2n) is 6.14. The Hall–Kier alpha value is -3.70. The lowest BCUT2D eigenvalue weighted by molar-refractivity contribution is -0.380. The van der Waals surface area contributed by atoms with Crippen molar-refractivity contribution in [1.29, 1.82) is 0 Å². The van der Waals surface area contributed by atoms with Gasteiger partial charge >= 0.3 is 5.00 Å². The maximum absolute atomic E-state index is 13.7. The van der Waals surface area contributed by atoms with Gasteiger partial charge in [-0.15, -0.1) is 0 Å². The zero-order chi connectivity index (χ0) is 22.0. The number of nitro groups is 1. The number of hydrogen-bond acceptors (Lipinski definition) is 8. The van der Waals surface area contributed by atoms with Crippen LogP contribution >= 0.6 is 22.7 Å². The first kappa shape index (κ1) is 20.6. The molecule has 0 unspecified atom stereocenters. The number of fused-ring (bicyclic) bond motifs is 1. The van der Waals surface area contributed by atoms with E-state index in [1.54, 1.807) is 25.3 Å². The molecule has 0 fully saturated rings. The largest absolute Gasteiger partial charge is 0.497 e. The van der Waals surface area contributed by atoms with Gasteiger partial charge in [0.05, 0.1) is 33.3 Å². The van der Waals surface area contributed by atoms with Gasteiger partial charge in [0.1, 0.15) is 11.6 Å². The third-order valence-corrected chi connectivity index (χ3v) is 6.09. The molecule has 0 N–H and O–H groups in total. The fraction of sp³-hybridized carbons (Fsp3) is 0.0500. The van der Waals surface area contributed by atoms with Crippen LogP contribution in [0.25, 0.3) is 10.2 Å². The number of ether oxygens (including phenoxy) is 1. The summed E-state index contributed by atoms with van der Waals surface area (Å²) in [6.45, 7) is 0. The summed E-state index contributed by atoms with van der Waals surface area (Å²) in [4.78, 5) is 28.5. The SMILES string of the molecule is COc1ccc2nc(N(/N=C/c3ccc([N+](=O)[O-])s3)C(=O)c3cccc(F)c3)sc2c1. The molecule has 2 aromatic carbocycles. The van der Waals surface area contributed by atoms with E-state index in [4.69, 9.17) is 4.74 Å². The Balaban J connectivity index is 1.75. The maximum Gasteiger partial charge on any atom is 0.324 e. The first-order valence-corrected chi connectivity index (χ1v) is 10.4. The van der Waals surface area contributed by atoms with Crippen LogP contribution in [0.4, 0.5) is 14.5 Å². The Bertz CT molecular complexity index is 1320. The first-order valence-electron chi connectivity index (χ1n) is 8.77. The summed E-state index contributed by atoms with van der Waals surface area (Å²) in [5, 5.41) is 16.4. The standard InChI is InChI=1S/C20H13FN4O4S2/c1-29-14-5-7-16-17(10-14)31-20(23-16)24(19(26)12-3-2-4-13(21)9-12)22-11-15-6-8-18(30-15)25(27)28/h2-11H,1H3/b22-11+. The molecule has 4 aromatic rings. The Morgan fingerprint density at radius 2 is 2.06 bits per heavy atom. The van der Waals surface area contributed by atoms with Gasteiger partial charge < -0.3 is 4.74 Å². The molecule has 0 radical (unpaired) electrons. The number of thiophene rings is 1. The van der Waals surface area contributed by atoms with E-state index >= 15 is 0 Å². The van der Waals surface area contributed by atoms with Crippen LogP contribution in [0.1, 0.15) is 15.2 Å². The molecule has 2 heterocycles. The van der Waals surface area contributed by atoms with Crippen molar-refractivity contribution in [2.75, 3.05) is 12.1 Å². The van der Waals surface area contributed by atoms with Gasteiger partial charge in [0.2, 0.25) is 5.13 Å². The number of aromatic nitrogens is 1. The molecule has 0 bridgehead atoms. The van der Waals surface area contributed by atoms with E-state index in [1.807, 2.05) is 0 Å². The highest BCUT2D eigenvalue weighted by molar-refractivity contribution is 7.22. The van der Waals surface area contributed by atoms with Gasteiger partial charge in [0, 0.05) is 11.6 Å². The van der Waals surface area contributed by atoms with Crippen LogP contribution in [0.5, 0.6) is 5.75 Å². The summed E-state index contributed by atoms with van der Waals surface area (Å²) in [7, 11) is 1.55. The minimum atomic E-state index is -0.590. The maximum atomic E-state index is 13.7. The summed E-state index contributed by atoms with van der Waals surface area (Å²) >= 11 is 2.13. The average molecular weight is 456 g/mol. The van der Waals surface area contributed by atoms with Gasteiger partial charge in [0.25, 0.3) is 5.91 Å². The molecule has 0 spiro atoms. The zero-order valence-corrected chi connectivity index (χ0v) is 17.5. The molecule has 11 heteroatoms. The van der Waals surface area contributed by atoms with Crippen molar-refractivity contribution in [3.8, 4) is 5.75 Å². The molecular formula is C20H13FN4O4S2. The Kier molecular flexibility index (Phi) is 5.69. The Morgan fingerprint density at radius 1 is 1.23 bits per heavy atom. The summed E-state index contributed by atoms with van der Waals surface area (Å²) in [6, 6.07) is 13.4. The summed E-state index contributed by atoms with van der Waals surface area (Å²) in [6.07, 6.45) is 1.33. The van der Waals surface area contributed by atoms with Crippen LogP contribution < -0.4 is 9.75 Å². The number of nitrogens with zero attached hydrogens (tertiary/aromatic N) is 4. The van der Waals surface area contributed by atoms with Gasteiger partial charge in [0.15, 0.2) is 0 Å². The van der Waals surface area contributed by atoms with Gasteiger partial charge in [-0.05, 0) is 42.5 Å². The normalized spacial score (nSPS) is 11.2. The van der Waals surface area contributed by atoms with Gasteiger partial charge in [-0.25, -0.2) is 9.37 Å². The molecule has 0 atom stereocenters. The number of hydrazone groups is 1. The number of halogens is 1.